The molecule has 0 atom stereocenters. The molecule has 0 saturated carbocycles. The van der Waals surface area contributed by atoms with E-state index in [1.54, 1.807) is 0 Å². The van der Waals surface area contributed by atoms with Crippen molar-refractivity contribution in [1.82, 2.24) is 4.57 Å². The first-order chi connectivity index (χ1) is 27.7. The Bertz CT molecular complexity index is 2450. The van der Waals surface area contributed by atoms with Gasteiger partial charge in [0.1, 0.15) is 12.4 Å². The van der Waals surface area contributed by atoms with E-state index in [9.17, 15) is 0 Å². The van der Waals surface area contributed by atoms with Crippen molar-refractivity contribution in [3.63, 3.8) is 0 Å². The summed E-state index contributed by atoms with van der Waals surface area (Å²) >= 11 is 0. The summed E-state index contributed by atoms with van der Waals surface area (Å²) in [5.74, 6) is 0. The minimum Gasteiger partial charge on any atom is -0.273 e. The van der Waals surface area contributed by atoms with Gasteiger partial charge in [-0.05, 0) is 22.3 Å². The van der Waals surface area contributed by atoms with Crippen molar-refractivity contribution in [2.24, 2.45) is 14.1 Å². The second-order valence-electron chi connectivity index (χ2n) is 15.5. The van der Waals surface area contributed by atoms with Crippen LogP contribution in [-0.2, 0) is 24.7 Å². The molecule has 3 heteroatoms. The Hall–Kier alpha value is -6.71. The lowest BCUT2D eigenvalue weighted by Gasteiger charge is -2.56. The van der Waals surface area contributed by atoms with Crippen molar-refractivity contribution in [2.75, 3.05) is 0 Å². The highest BCUT2D eigenvalue weighted by Gasteiger charge is 2.78. The predicted molar refractivity (Wildman–Crippen MR) is 234 cm³/mol. The van der Waals surface area contributed by atoms with Gasteiger partial charge in [0.05, 0.1) is 19.8 Å². The topological polar surface area (TPSA) is 8.81 Å². The Kier molecular flexibility index (Phi) is 8.00. The zero-order chi connectivity index (χ0) is 37.7. The summed E-state index contributed by atoms with van der Waals surface area (Å²) < 4.78 is 4.85. The van der Waals surface area contributed by atoms with E-state index in [1.165, 1.54) is 66.9 Å². The third-order valence-electron chi connectivity index (χ3n) is 13.0. The maximum absolute atomic E-state index is 2.43. The molecule has 7 aromatic carbocycles. The second kappa shape index (κ2) is 13.2. The van der Waals surface area contributed by atoms with E-state index in [0.717, 1.165) is 0 Å². The fourth-order valence-corrected chi connectivity index (χ4v) is 11.6. The van der Waals surface area contributed by atoms with Crippen molar-refractivity contribution in [3.05, 3.63) is 258 Å². The maximum Gasteiger partial charge on any atom is 0.186 e. The molecule has 10 rings (SSSR count). The molecule has 2 bridgehead atoms. The van der Waals surface area contributed by atoms with E-state index in [2.05, 4.69) is 248 Å². The number of aryl methyl sites for hydroxylation is 2. The largest absolute Gasteiger partial charge is 0.273 e. The van der Waals surface area contributed by atoms with Crippen LogP contribution in [0.25, 0.3) is 22.3 Å². The van der Waals surface area contributed by atoms with Gasteiger partial charge in [-0.1, -0.05) is 256 Å². The lowest BCUT2D eigenvalue weighted by molar-refractivity contribution is -0.653. The molecule has 3 heterocycles. The number of nitrogens with zero attached hydrogens (tertiary/aromatic N) is 2. The minimum atomic E-state index is -2.02. The van der Waals surface area contributed by atoms with Gasteiger partial charge in [0.15, 0.2) is 6.15 Å². The number of benzene rings is 7. The van der Waals surface area contributed by atoms with Crippen molar-refractivity contribution in [3.8, 4) is 0 Å². The van der Waals surface area contributed by atoms with Gasteiger partial charge in [-0.15, -0.1) is 0 Å². The Morgan fingerprint density at radius 2 is 0.679 bits per heavy atom. The van der Waals surface area contributed by atoms with Crippen LogP contribution >= 0.6 is 0 Å². The zero-order valence-corrected chi connectivity index (χ0v) is 31.8. The summed E-state index contributed by atoms with van der Waals surface area (Å²) in [5, 5.41) is -1.47. The van der Waals surface area contributed by atoms with Gasteiger partial charge >= 0.3 is 0 Å². The molecular weight excluding hydrogens is 675 g/mol. The van der Waals surface area contributed by atoms with E-state index in [4.69, 9.17) is 0 Å². The summed E-state index contributed by atoms with van der Waals surface area (Å²) in [5.41, 5.74) is 15.5. The molecule has 0 spiro atoms. The van der Waals surface area contributed by atoms with Crippen molar-refractivity contribution in [1.29, 1.82) is 0 Å². The summed E-state index contributed by atoms with van der Waals surface area (Å²) in [6, 6.07) is 79.6. The summed E-state index contributed by atoms with van der Waals surface area (Å²) in [4.78, 5) is 0. The van der Waals surface area contributed by atoms with Gasteiger partial charge in [0.25, 0.3) is 0 Å². The molecule has 0 radical (unpaired) electrons. The highest BCUT2D eigenvalue weighted by Crippen LogP contribution is 2.78. The molecule has 0 N–H and O–H groups in total. The predicted octanol–water partition coefficient (Wildman–Crippen LogP) is 9.62. The Labute approximate surface area is 330 Å². The number of fused-ring (bicyclic) bond motifs is 2. The highest BCUT2D eigenvalue weighted by atomic mass is 15.1. The van der Waals surface area contributed by atoms with Crippen LogP contribution in [0.1, 0.15) is 33.4 Å². The van der Waals surface area contributed by atoms with Gasteiger partial charge < -0.3 is 0 Å². The second-order valence-corrected chi connectivity index (χ2v) is 15.5. The SMILES string of the molecule is Cn1cc[n+](C)c1[B-]1(c2ccccc2)C2(c3ccccc3)C(c3ccccc3)=C(c3ccccc3)C1(c1ccccc1)C(c1ccccc1)=C2c1ccccc1. The first-order valence-electron chi connectivity index (χ1n) is 19.7. The Balaban J connectivity index is 1.63. The van der Waals surface area contributed by atoms with Crippen LogP contribution in [0.4, 0.5) is 0 Å². The van der Waals surface area contributed by atoms with Crippen LogP contribution in [0.2, 0.25) is 0 Å². The van der Waals surface area contributed by atoms with Gasteiger partial charge in [0, 0.05) is 0 Å². The number of imidazole rings is 1. The normalized spacial score (nSPS) is 21.5. The summed E-state index contributed by atoms with van der Waals surface area (Å²) in [6.07, 6.45) is 2.49. The molecule has 0 unspecified atom stereocenters. The fourth-order valence-electron chi connectivity index (χ4n) is 11.6. The lowest BCUT2D eigenvalue weighted by atomic mass is 9.03. The molecule has 0 aliphatic carbocycles. The van der Waals surface area contributed by atoms with Crippen LogP contribution < -0.4 is 15.8 Å². The molecule has 0 amide bonds. The summed E-state index contributed by atoms with van der Waals surface area (Å²) in [6.45, 7) is 0. The number of rotatable bonds is 8. The van der Waals surface area contributed by atoms with Crippen LogP contribution in [0.3, 0.4) is 0 Å². The molecule has 2 nitrogen and oxygen atoms in total. The van der Waals surface area contributed by atoms with Gasteiger partial charge in [0.2, 0.25) is 0 Å². The van der Waals surface area contributed by atoms with Gasteiger partial charge in [-0.3, -0.25) is 9.13 Å². The first-order valence-corrected chi connectivity index (χ1v) is 19.7. The van der Waals surface area contributed by atoms with Crippen LogP contribution in [0, 0.1) is 0 Å². The molecule has 1 aromatic heterocycles. The van der Waals surface area contributed by atoms with Crippen LogP contribution in [0.15, 0.2) is 225 Å². The minimum absolute atomic E-state index is 0.735. The number of allylic oxidation sites excluding steroid dienone is 4. The third-order valence-corrected chi connectivity index (χ3v) is 13.0. The molecule has 0 saturated heterocycles. The monoisotopic (exact) mass is 718 g/mol. The number of aromatic nitrogens is 2. The lowest BCUT2D eigenvalue weighted by Crippen LogP contribution is -2.82. The molecule has 0 fully saturated rings. The quantitative estimate of drug-likeness (QED) is 0.109. The summed E-state index contributed by atoms with van der Waals surface area (Å²) in [7, 11) is 4.51. The molecule has 8 aromatic rings. The van der Waals surface area contributed by atoms with Gasteiger partial charge in [-0.25, -0.2) is 0 Å². The smallest absolute Gasteiger partial charge is 0.186 e. The molecule has 56 heavy (non-hydrogen) atoms. The van der Waals surface area contributed by atoms with Crippen LogP contribution in [0.5, 0.6) is 0 Å². The Morgan fingerprint density at radius 3 is 0.964 bits per heavy atom. The average Bonchev–Trinajstić information content (AvgIpc) is 3.83. The third kappa shape index (κ3) is 4.37. The molecule has 2 aliphatic heterocycles. The number of hydrogen-bond acceptors (Lipinski definition) is 0. The van der Waals surface area contributed by atoms with E-state index in [-0.39, 0.29) is 0 Å². The first kappa shape index (κ1) is 33.8. The highest BCUT2D eigenvalue weighted by molar-refractivity contribution is 7.13. The van der Waals surface area contributed by atoms with E-state index in [1.807, 2.05) is 0 Å². The zero-order valence-electron chi connectivity index (χ0n) is 31.8. The van der Waals surface area contributed by atoms with Gasteiger partial charge in [-0.2, -0.15) is 5.46 Å². The molecule has 268 valence electrons. The molecule has 2 aliphatic rings. The maximum atomic E-state index is 2.43. The fraction of sp³-hybridized carbons (Fsp3) is 0.0755. The Morgan fingerprint density at radius 1 is 0.393 bits per heavy atom. The van der Waals surface area contributed by atoms with E-state index < -0.39 is 16.8 Å². The van der Waals surface area contributed by atoms with Crippen molar-refractivity contribution < 1.29 is 4.57 Å². The van der Waals surface area contributed by atoms with Crippen molar-refractivity contribution in [2.45, 2.75) is 10.6 Å². The van der Waals surface area contributed by atoms with Crippen molar-refractivity contribution >= 4 is 39.6 Å². The van der Waals surface area contributed by atoms with Crippen LogP contribution in [-0.4, -0.2) is 10.7 Å². The van der Waals surface area contributed by atoms with E-state index in [0.29, 0.717) is 0 Å². The average molecular weight is 719 g/mol. The van der Waals surface area contributed by atoms with E-state index >= 15 is 0 Å². The number of hydrogen-bond donors (Lipinski definition) is 0. The molecular formula is C53H43BN2. The standard InChI is InChI=1S/C53H43BN2/c1-55-38-39-56(2)51(55)54(46-36-22-9-23-37-46)52(44-32-18-7-19-33-44)47(40-24-10-3-11-25-40)48(41-26-12-4-13-27-41)53(54,45-34-20-8-21-35-45)50(43-30-16-6-17-31-43)49(52)42-28-14-5-15-29-42/h3-39H,1-2H3.